The summed E-state index contributed by atoms with van der Waals surface area (Å²) in [5.74, 6) is -0.645. The van der Waals surface area contributed by atoms with Crippen LogP contribution in [0, 0.1) is 5.21 Å². The van der Waals surface area contributed by atoms with Crippen LogP contribution in [0.5, 0.6) is 0 Å². The van der Waals surface area contributed by atoms with Crippen molar-refractivity contribution in [3.8, 4) is 0 Å². The zero-order valence-corrected chi connectivity index (χ0v) is 26.4. The van der Waals surface area contributed by atoms with Crippen molar-refractivity contribution in [3.05, 3.63) is 92.0 Å². The number of alkyl halides is 3. The second kappa shape index (κ2) is 13.3. The molecule has 17 heteroatoms. The van der Waals surface area contributed by atoms with Crippen LogP contribution >= 0.6 is 11.6 Å². The molecule has 2 amide bonds. The van der Waals surface area contributed by atoms with Gasteiger partial charge in [0.1, 0.15) is 12.2 Å². The number of rotatable bonds is 7. The van der Waals surface area contributed by atoms with Gasteiger partial charge in [-0.1, -0.05) is 24.6 Å². The lowest BCUT2D eigenvalue weighted by molar-refractivity contribution is -0.608. The quantitative estimate of drug-likeness (QED) is 0.231. The van der Waals surface area contributed by atoms with Gasteiger partial charge in [-0.05, 0) is 42.7 Å². The van der Waals surface area contributed by atoms with Crippen LogP contribution < -0.4 is 20.5 Å². The third-order valence-corrected chi connectivity index (χ3v) is 8.52. The lowest BCUT2D eigenvalue weighted by Gasteiger charge is -2.36. The number of nitrogens with zero attached hydrogens (tertiary/aromatic N) is 7. The van der Waals surface area contributed by atoms with E-state index >= 15 is 0 Å². The van der Waals surface area contributed by atoms with Gasteiger partial charge in [0.2, 0.25) is 11.7 Å². The zero-order chi connectivity index (χ0) is 34.2. The first-order valence-electron chi connectivity index (χ1n) is 15.1. The Morgan fingerprint density at radius 1 is 1.15 bits per heavy atom. The maximum absolute atomic E-state index is 14.1. The van der Waals surface area contributed by atoms with Crippen molar-refractivity contribution in [2.45, 2.75) is 32.5 Å². The Hall–Kier alpha value is -4.96. The first kappa shape index (κ1) is 33.0. The van der Waals surface area contributed by atoms with Crippen molar-refractivity contribution < 1.29 is 32.2 Å². The molecule has 0 aliphatic carbocycles. The summed E-state index contributed by atoms with van der Waals surface area (Å²) in [6.07, 6.45) is -0.717. The number of carbonyl (C=O) groups excluding carboxylic acids is 2. The molecule has 6 rings (SSSR count). The molecule has 1 saturated heterocycles. The minimum Gasteiger partial charge on any atom is -0.618 e. The topological polar surface area (TPSA) is 141 Å². The zero-order valence-electron chi connectivity index (χ0n) is 25.7. The third kappa shape index (κ3) is 6.44. The van der Waals surface area contributed by atoms with Crippen LogP contribution in [0.3, 0.4) is 0 Å². The van der Waals surface area contributed by atoms with Crippen LogP contribution in [0.2, 0.25) is 5.02 Å². The van der Waals surface area contributed by atoms with E-state index in [1.54, 1.807) is 10.6 Å². The van der Waals surface area contributed by atoms with Gasteiger partial charge in [0.05, 0.1) is 35.2 Å². The number of aromatic nitrogens is 5. The van der Waals surface area contributed by atoms with Crippen LogP contribution in [0.1, 0.15) is 40.9 Å². The number of carbonyl (C=O) groups is 2. The van der Waals surface area contributed by atoms with Crippen molar-refractivity contribution in [2.24, 2.45) is 0 Å². The third-order valence-electron chi connectivity index (χ3n) is 8.21. The smallest absolute Gasteiger partial charge is 0.416 e. The number of fused-ring (bicyclic) bond motifs is 1. The van der Waals surface area contributed by atoms with E-state index in [2.05, 4.69) is 15.4 Å². The van der Waals surface area contributed by atoms with Crippen LogP contribution in [0.4, 0.5) is 24.5 Å². The molecule has 1 N–H and O–H groups in total. The summed E-state index contributed by atoms with van der Waals surface area (Å²) < 4.78 is 48.1. The summed E-state index contributed by atoms with van der Waals surface area (Å²) in [7, 11) is 0. The van der Waals surface area contributed by atoms with Crippen molar-refractivity contribution >= 4 is 46.1 Å². The molecule has 1 fully saturated rings. The molecular formula is C31H30ClF3N8O5. The van der Waals surface area contributed by atoms with E-state index in [4.69, 9.17) is 16.3 Å². The molecule has 5 heterocycles. The van der Waals surface area contributed by atoms with E-state index in [9.17, 15) is 32.8 Å². The molecule has 0 unspecified atom stereocenters. The fourth-order valence-corrected chi connectivity index (χ4v) is 6.04. The fourth-order valence-electron chi connectivity index (χ4n) is 5.81. The summed E-state index contributed by atoms with van der Waals surface area (Å²) >= 11 is 6.10. The summed E-state index contributed by atoms with van der Waals surface area (Å²) in [5.41, 5.74) is 0.0754. The maximum Gasteiger partial charge on any atom is 0.416 e. The SMILES string of the molecule is CCc1c(N2CCN(C(=O)c3cccc[n+]3[O-])CC2)c(=O)n2nc(C3=CCOCC3)nc2n1CC(=O)Nc1ccc(C(F)(F)F)cc1Cl. The molecule has 4 aromatic rings. The van der Waals surface area contributed by atoms with Gasteiger partial charge < -0.3 is 29.6 Å². The van der Waals surface area contributed by atoms with Crippen LogP contribution in [-0.2, 0) is 28.7 Å². The number of nitrogens with one attached hydrogen (secondary N) is 1. The van der Waals surface area contributed by atoms with Gasteiger partial charge in [-0.25, -0.2) is 0 Å². The highest BCUT2D eigenvalue weighted by atomic mass is 35.5. The highest BCUT2D eigenvalue weighted by Gasteiger charge is 2.32. The Morgan fingerprint density at radius 3 is 2.56 bits per heavy atom. The fraction of sp³-hybridized carbons (Fsp3) is 0.355. The summed E-state index contributed by atoms with van der Waals surface area (Å²) in [6.45, 7) is 3.20. The number of hydrogen-bond donors (Lipinski definition) is 1. The second-order valence-corrected chi connectivity index (χ2v) is 11.6. The number of anilines is 2. The lowest BCUT2D eigenvalue weighted by atomic mass is 10.1. The Kier molecular flexibility index (Phi) is 9.11. The molecule has 0 bridgehead atoms. The van der Waals surface area contributed by atoms with Gasteiger partial charge in [-0.3, -0.25) is 14.4 Å². The molecule has 0 radical (unpaired) electrons. The molecule has 2 aliphatic heterocycles. The van der Waals surface area contributed by atoms with Gasteiger partial charge in [-0.15, -0.1) is 5.10 Å². The molecular weight excluding hydrogens is 657 g/mol. The molecule has 0 spiro atoms. The van der Waals surface area contributed by atoms with Crippen LogP contribution in [0.25, 0.3) is 11.4 Å². The van der Waals surface area contributed by atoms with Gasteiger partial charge in [0.25, 0.3) is 11.3 Å². The van der Waals surface area contributed by atoms with E-state index in [-0.39, 0.29) is 60.6 Å². The Bertz CT molecular complexity index is 1990. The van der Waals surface area contributed by atoms with E-state index in [1.807, 2.05) is 17.9 Å². The number of hydrogen-bond acceptors (Lipinski definition) is 8. The van der Waals surface area contributed by atoms with E-state index in [0.717, 1.165) is 28.3 Å². The second-order valence-electron chi connectivity index (χ2n) is 11.2. The predicted octanol–water partition coefficient (Wildman–Crippen LogP) is 3.16. The van der Waals surface area contributed by atoms with Crippen LogP contribution in [0.15, 0.2) is 53.5 Å². The van der Waals surface area contributed by atoms with E-state index < -0.39 is 29.1 Å². The van der Waals surface area contributed by atoms with E-state index in [0.29, 0.717) is 42.3 Å². The average Bonchev–Trinajstić information content (AvgIpc) is 3.53. The molecule has 2 aliphatic rings. The largest absolute Gasteiger partial charge is 0.618 e. The Labute approximate surface area is 276 Å². The van der Waals surface area contributed by atoms with Crippen LogP contribution in [-0.4, -0.2) is 75.3 Å². The summed E-state index contributed by atoms with van der Waals surface area (Å²) in [5, 5.41) is 19.0. The molecule has 0 saturated carbocycles. The number of halogens is 4. The molecule has 252 valence electrons. The number of benzene rings is 1. The molecule has 13 nitrogen and oxygen atoms in total. The summed E-state index contributed by atoms with van der Waals surface area (Å²) in [6, 6.07) is 7.21. The number of ether oxygens (including phenoxy) is 1. The monoisotopic (exact) mass is 686 g/mol. The highest BCUT2D eigenvalue weighted by Crippen LogP contribution is 2.34. The van der Waals surface area contributed by atoms with Gasteiger partial charge in [0, 0.05) is 38.3 Å². The molecule has 48 heavy (non-hydrogen) atoms. The molecule has 0 atom stereocenters. The first-order valence-corrected chi connectivity index (χ1v) is 15.5. The highest BCUT2D eigenvalue weighted by molar-refractivity contribution is 6.33. The predicted molar refractivity (Wildman–Crippen MR) is 169 cm³/mol. The van der Waals surface area contributed by atoms with Crippen molar-refractivity contribution in [3.63, 3.8) is 0 Å². The van der Waals surface area contributed by atoms with E-state index in [1.165, 1.54) is 23.2 Å². The van der Waals surface area contributed by atoms with Crippen molar-refractivity contribution in [1.82, 2.24) is 24.1 Å². The van der Waals surface area contributed by atoms with Gasteiger partial charge in [-0.2, -0.15) is 27.4 Å². The molecule has 3 aromatic heterocycles. The number of pyridine rings is 1. The average molecular weight is 687 g/mol. The Balaban J connectivity index is 1.35. The maximum atomic E-state index is 14.1. The normalized spacial score (nSPS) is 15.5. The number of amides is 2. The molecule has 1 aromatic carbocycles. The van der Waals surface area contributed by atoms with Gasteiger partial charge in [0.15, 0.2) is 12.0 Å². The minimum absolute atomic E-state index is 0.0132. The van der Waals surface area contributed by atoms with Gasteiger partial charge >= 0.3 is 12.1 Å². The standard InChI is InChI=1S/C31H30ClF3N8O5/c1-2-23-26(39-11-13-40(14-12-39)28(45)24-5-3-4-10-42(24)47)29(46)43-30(37-27(38-43)19-8-15-48-16-9-19)41(23)18-25(44)36-22-7-6-20(17-21(22)32)31(33,34)35/h3-8,10,17H,2,9,11-16,18H2,1H3,(H,36,44). The minimum atomic E-state index is -4.61. The lowest BCUT2D eigenvalue weighted by Crippen LogP contribution is -2.52. The first-order chi connectivity index (χ1) is 23.0. The van der Waals surface area contributed by atoms with Crippen molar-refractivity contribution in [2.75, 3.05) is 49.6 Å². The number of piperazine rings is 1. The van der Waals surface area contributed by atoms with Crippen molar-refractivity contribution in [1.29, 1.82) is 0 Å². The Morgan fingerprint density at radius 2 is 1.92 bits per heavy atom. The summed E-state index contributed by atoms with van der Waals surface area (Å²) in [4.78, 5) is 48.6.